The Morgan fingerprint density at radius 2 is 2.18 bits per heavy atom. The number of amides is 1. The molecule has 1 N–H and O–H groups in total. The van der Waals surface area contributed by atoms with Gasteiger partial charge in [0.2, 0.25) is 0 Å². The zero-order chi connectivity index (χ0) is 15.9. The Kier molecular flexibility index (Phi) is 6.49. The predicted molar refractivity (Wildman–Crippen MR) is 83.1 cm³/mol. The second-order valence-corrected chi connectivity index (χ2v) is 5.86. The summed E-state index contributed by atoms with van der Waals surface area (Å²) in [6.45, 7) is 0.869. The number of esters is 1. The first-order valence-electron chi connectivity index (χ1n) is 7.02. The highest BCUT2D eigenvalue weighted by Crippen LogP contribution is 2.21. The Labute approximate surface area is 138 Å². The van der Waals surface area contributed by atoms with Crippen LogP contribution < -0.4 is 5.32 Å². The quantitative estimate of drug-likeness (QED) is 0.804. The number of ether oxygens (including phenoxy) is 2. The van der Waals surface area contributed by atoms with Gasteiger partial charge in [0.1, 0.15) is 0 Å². The molecule has 1 aromatic carbocycles. The highest BCUT2D eigenvalue weighted by atomic mass is 35.5. The molecule has 120 valence electrons. The van der Waals surface area contributed by atoms with Gasteiger partial charge in [0.25, 0.3) is 5.91 Å². The zero-order valence-electron chi connectivity index (χ0n) is 11.9. The summed E-state index contributed by atoms with van der Waals surface area (Å²) in [6, 6.07) is 4.85. The van der Waals surface area contributed by atoms with Gasteiger partial charge in [-0.05, 0) is 30.5 Å². The smallest absolute Gasteiger partial charge is 0.310 e. The van der Waals surface area contributed by atoms with Crippen LogP contribution in [-0.2, 0) is 25.5 Å². The lowest BCUT2D eigenvalue weighted by Gasteiger charge is -2.11. The van der Waals surface area contributed by atoms with Gasteiger partial charge in [-0.1, -0.05) is 29.3 Å². The molecule has 1 aromatic rings. The molecule has 0 radical (unpaired) electrons. The fraction of sp³-hybridized carbons (Fsp3) is 0.467. The van der Waals surface area contributed by atoms with E-state index in [0.29, 0.717) is 22.2 Å². The van der Waals surface area contributed by atoms with Crippen molar-refractivity contribution in [1.29, 1.82) is 0 Å². The van der Waals surface area contributed by atoms with E-state index in [1.54, 1.807) is 18.2 Å². The molecule has 5 nitrogen and oxygen atoms in total. The van der Waals surface area contributed by atoms with Gasteiger partial charge in [-0.25, -0.2) is 0 Å². The number of nitrogens with one attached hydrogen (secondary N) is 1. The van der Waals surface area contributed by atoms with Crippen LogP contribution in [0.1, 0.15) is 18.4 Å². The van der Waals surface area contributed by atoms with Crippen LogP contribution in [0.25, 0.3) is 0 Å². The van der Waals surface area contributed by atoms with E-state index in [0.717, 1.165) is 19.4 Å². The van der Waals surface area contributed by atoms with E-state index >= 15 is 0 Å². The summed E-state index contributed by atoms with van der Waals surface area (Å²) in [5.74, 6) is -0.859. The van der Waals surface area contributed by atoms with E-state index in [4.69, 9.17) is 32.7 Å². The third-order valence-electron chi connectivity index (χ3n) is 3.27. The molecule has 1 atom stereocenters. The minimum absolute atomic E-state index is 0.00494. The average molecular weight is 346 g/mol. The number of carbonyl (C=O) groups excluding carboxylic acids is 2. The third-order valence-corrected chi connectivity index (χ3v) is 3.85. The molecule has 1 saturated heterocycles. The number of hydrogen-bond donors (Lipinski definition) is 1. The summed E-state index contributed by atoms with van der Waals surface area (Å²) in [5, 5.41) is 3.57. The Hall–Kier alpha value is -1.30. The molecular weight excluding hydrogens is 329 g/mol. The van der Waals surface area contributed by atoms with Crippen molar-refractivity contribution in [1.82, 2.24) is 5.32 Å². The zero-order valence-corrected chi connectivity index (χ0v) is 13.5. The topological polar surface area (TPSA) is 64.6 Å². The monoisotopic (exact) mass is 345 g/mol. The molecule has 1 unspecified atom stereocenters. The SMILES string of the molecule is O=C(COC(=O)Cc1ccc(Cl)cc1Cl)NCC1CCCO1. The second kappa shape index (κ2) is 8.36. The van der Waals surface area contributed by atoms with E-state index in [2.05, 4.69) is 5.32 Å². The van der Waals surface area contributed by atoms with Crippen LogP contribution in [-0.4, -0.2) is 37.7 Å². The van der Waals surface area contributed by atoms with E-state index in [9.17, 15) is 9.59 Å². The molecule has 2 rings (SSSR count). The second-order valence-electron chi connectivity index (χ2n) is 5.01. The molecule has 1 fully saturated rings. The molecule has 1 amide bonds. The summed E-state index contributed by atoms with van der Waals surface area (Å²) in [5.41, 5.74) is 0.607. The average Bonchev–Trinajstić information content (AvgIpc) is 2.99. The Morgan fingerprint density at radius 1 is 1.36 bits per heavy atom. The Morgan fingerprint density at radius 3 is 2.86 bits per heavy atom. The van der Waals surface area contributed by atoms with Crippen molar-refractivity contribution in [3.63, 3.8) is 0 Å². The molecule has 1 heterocycles. The number of rotatable bonds is 6. The lowest BCUT2D eigenvalue weighted by atomic mass is 10.1. The highest BCUT2D eigenvalue weighted by molar-refractivity contribution is 6.35. The van der Waals surface area contributed by atoms with Crippen molar-refractivity contribution in [2.45, 2.75) is 25.4 Å². The van der Waals surface area contributed by atoms with Crippen LogP contribution in [0.4, 0.5) is 0 Å². The van der Waals surface area contributed by atoms with Crippen molar-refractivity contribution in [2.24, 2.45) is 0 Å². The van der Waals surface area contributed by atoms with E-state index < -0.39 is 5.97 Å². The van der Waals surface area contributed by atoms with Gasteiger partial charge < -0.3 is 14.8 Å². The first-order valence-corrected chi connectivity index (χ1v) is 7.78. The maximum Gasteiger partial charge on any atom is 0.310 e. The van der Waals surface area contributed by atoms with Crippen molar-refractivity contribution in [3.8, 4) is 0 Å². The van der Waals surface area contributed by atoms with Crippen LogP contribution in [0.3, 0.4) is 0 Å². The molecule has 0 spiro atoms. The van der Waals surface area contributed by atoms with E-state index in [-0.39, 0.29) is 25.0 Å². The summed E-state index contributed by atoms with van der Waals surface area (Å²) < 4.78 is 10.3. The van der Waals surface area contributed by atoms with Gasteiger partial charge in [-0.2, -0.15) is 0 Å². The Bertz CT molecular complexity index is 544. The van der Waals surface area contributed by atoms with Crippen molar-refractivity contribution in [2.75, 3.05) is 19.8 Å². The number of benzene rings is 1. The molecule has 0 saturated carbocycles. The summed E-state index contributed by atoms with van der Waals surface area (Å²) in [6.07, 6.45) is 2.01. The van der Waals surface area contributed by atoms with Gasteiger partial charge in [0.05, 0.1) is 12.5 Å². The van der Waals surface area contributed by atoms with Gasteiger partial charge in [-0.15, -0.1) is 0 Å². The minimum Gasteiger partial charge on any atom is -0.455 e. The van der Waals surface area contributed by atoms with Crippen molar-refractivity contribution in [3.05, 3.63) is 33.8 Å². The fourth-order valence-electron chi connectivity index (χ4n) is 2.10. The van der Waals surface area contributed by atoms with Crippen LogP contribution in [0.15, 0.2) is 18.2 Å². The molecule has 1 aliphatic heterocycles. The molecular formula is C15H17Cl2NO4. The predicted octanol–water partition coefficient (Wildman–Crippen LogP) is 2.37. The van der Waals surface area contributed by atoms with E-state index in [1.165, 1.54) is 0 Å². The van der Waals surface area contributed by atoms with E-state index in [1.807, 2.05) is 0 Å². The number of hydrogen-bond acceptors (Lipinski definition) is 4. The van der Waals surface area contributed by atoms with Gasteiger partial charge in [0.15, 0.2) is 6.61 Å². The molecule has 7 heteroatoms. The largest absolute Gasteiger partial charge is 0.455 e. The molecule has 0 bridgehead atoms. The lowest BCUT2D eigenvalue weighted by Crippen LogP contribution is -2.35. The first-order chi connectivity index (χ1) is 10.5. The maximum absolute atomic E-state index is 11.7. The third kappa shape index (κ3) is 5.48. The highest BCUT2D eigenvalue weighted by Gasteiger charge is 2.17. The van der Waals surface area contributed by atoms with Crippen LogP contribution in [0, 0.1) is 0 Å². The molecule has 0 aromatic heterocycles. The first kappa shape index (κ1) is 17.1. The van der Waals surface area contributed by atoms with Gasteiger partial charge in [-0.3, -0.25) is 9.59 Å². The van der Waals surface area contributed by atoms with Gasteiger partial charge >= 0.3 is 5.97 Å². The molecule has 1 aliphatic rings. The van der Waals surface area contributed by atoms with Crippen molar-refractivity contribution < 1.29 is 19.1 Å². The van der Waals surface area contributed by atoms with Crippen LogP contribution in [0.2, 0.25) is 10.0 Å². The van der Waals surface area contributed by atoms with Crippen LogP contribution >= 0.6 is 23.2 Å². The number of carbonyl (C=O) groups is 2. The summed E-state index contributed by atoms with van der Waals surface area (Å²) in [4.78, 5) is 23.3. The summed E-state index contributed by atoms with van der Waals surface area (Å²) in [7, 11) is 0. The standard InChI is InChI=1S/C15H17Cl2NO4/c16-11-4-3-10(13(17)7-11)6-15(20)22-9-14(19)18-8-12-2-1-5-21-12/h3-4,7,12H,1-2,5-6,8-9H2,(H,18,19). The molecule has 22 heavy (non-hydrogen) atoms. The number of halogens is 2. The van der Waals surface area contributed by atoms with Crippen molar-refractivity contribution >= 4 is 35.1 Å². The normalized spacial score (nSPS) is 17.3. The lowest BCUT2D eigenvalue weighted by molar-refractivity contribution is -0.148. The summed E-state index contributed by atoms with van der Waals surface area (Å²) >= 11 is 11.8. The van der Waals surface area contributed by atoms with Crippen LogP contribution in [0.5, 0.6) is 0 Å². The minimum atomic E-state index is -0.517. The fourth-order valence-corrected chi connectivity index (χ4v) is 2.58. The van der Waals surface area contributed by atoms with Gasteiger partial charge in [0, 0.05) is 23.2 Å². The Balaban J connectivity index is 1.69. The maximum atomic E-state index is 11.7. The molecule has 0 aliphatic carbocycles.